The van der Waals surface area contributed by atoms with Crippen molar-refractivity contribution in [3.8, 4) is 0 Å². The molecule has 3 aliphatic rings. The Labute approximate surface area is 252 Å². The van der Waals surface area contributed by atoms with Crippen LogP contribution in [-0.4, -0.2) is 96.5 Å². The van der Waals surface area contributed by atoms with Crippen LogP contribution in [0, 0.1) is 0 Å². The van der Waals surface area contributed by atoms with Crippen molar-refractivity contribution >= 4 is 67.4 Å². The maximum atomic E-state index is 16.0. The fraction of sp³-hybridized carbons (Fsp3) is 0.476. The van der Waals surface area contributed by atoms with Gasteiger partial charge in [0.25, 0.3) is 7.47 Å². The first-order chi connectivity index (χ1) is 20.9. The van der Waals surface area contributed by atoms with Gasteiger partial charge < -0.3 is 39.4 Å². The summed E-state index contributed by atoms with van der Waals surface area (Å²) in [7, 11) is 1.28. The predicted octanol–water partition coefficient (Wildman–Crippen LogP) is 1.22. The molecule has 17 nitrogen and oxygen atoms in total. The minimum Gasteiger partial charge on any atom is -0.397 e. The topological polar surface area (TPSA) is 219 Å². The fourth-order valence-electron chi connectivity index (χ4n) is 5.28. The number of aromatic nitrogens is 7. The number of nitrogen functional groups attached to an aromatic ring is 2. The minimum absolute atomic E-state index is 0.0500. The van der Waals surface area contributed by atoms with Crippen LogP contribution in [0.5, 0.6) is 0 Å². The number of hydrogen-bond donors (Lipinski definition) is 3. The molecule has 2 radical (unpaired) electrons. The number of rotatable bonds is 2. The molecule has 7 heterocycles. The second-order valence-corrected chi connectivity index (χ2v) is 14.4. The Balaban J connectivity index is 1.17. The molecule has 0 spiro atoms. The number of anilines is 2. The third-order valence-corrected chi connectivity index (χ3v) is 9.91. The van der Waals surface area contributed by atoms with Crippen molar-refractivity contribution in [3.05, 3.63) is 31.2 Å². The number of alkyl halides is 2. The second kappa shape index (κ2) is 11.0. The maximum Gasteiger partial charge on any atom is 0.325 e. The zero-order valence-electron chi connectivity index (χ0n) is 22.1. The van der Waals surface area contributed by atoms with E-state index in [2.05, 4.69) is 24.9 Å². The molecule has 0 aromatic carbocycles. The summed E-state index contributed by atoms with van der Waals surface area (Å²) in [5.41, 5.74) is 12.9. The molecule has 23 heteroatoms. The van der Waals surface area contributed by atoms with Gasteiger partial charge in [0.1, 0.15) is 41.8 Å². The Morgan fingerprint density at radius 1 is 0.909 bits per heavy atom. The van der Waals surface area contributed by atoms with Gasteiger partial charge in [-0.15, -0.1) is 0 Å². The molecule has 44 heavy (non-hydrogen) atoms. The van der Waals surface area contributed by atoms with E-state index in [0.717, 1.165) is 6.33 Å². The molecule has 5 N–H and O–H groups in total. The summed E-state index contributed by atoms with van der Waals surface area (Å²) in [4.78, 5) is 31.3. The van der Waals surface area contributed by atoms with Gasteiger partial charge in [0.15, 0.2) is 41.9 Å². The summed E-state index contributed by atoms with van der Waals surface area (Å²) >= 11 is 5.15. The normalized spacial score (nSPS) is 38.2. The third-order valence-electron chi connectivity index (χ3n) is 7.31. The van der Waals surface area contributed by atoms with Crippen molar-refractivity contribution in [2.24, 2.45) is 0 Å². The van der Waals surface area contributed by atoms with Crippen molar-refractivity contribution in [2.75, 3.05) is 24.7 Å². The molecular weight excluding hydrogens is 649 g/mol. The molecule has 0 saturated carbocycles. The van der Waals surface area contributed by atoms with Gasteiger partial charge in [0.05, 0.1) is 31.6 Å². The highest BCUT2D eigenvalue weighted by Crippen LogP contribution is 2.54. The van der Waals surface area contributed by atoms with Gasteiger partial charge in [0.2, 0.25) is 7.57 Å². The van der Waals surface area contributed by atoms with E-state index in [9.17, 15) is 9.46 Å². The zero-order chi connectivity index (χ0) is 31.0. The highest BCUT2D eigenvalue weighted by Gasteiger charge is 2.53. The van der Waals surface area contributed by atoms with Crippen molar-refractivity contribution in [2.45, 2.75) is 49.2 Å². The van der Waals surface area contributed by atoms with Crippen molar-refractivity contribution in [1.29, 1.82) is 0 Å². The smallest absolute Gasteiger partial charge is 0.325 e. The summed E-state index contributed by atoms with van der Waals surface area (Å²) in [5, 5.41) is 0. The van der Waals surface area contributed by atoms with E-state index >= 15 is 8.78 Å². The quantitative estimate of drug-likeness (QED) is 0.201. The number of pyridine rings is 1. The lowest BCUT2D eigenvalue weighted by molar-refractivity contribution is -0.0566. The van der Waals surface area contributed by atoms with Crippen LogP contribution in [0.2, 0.25) is 0 Å². The van der Waals surface area contributed by atoms with Crippen LogP contribution in [0.1, 0.15) is 12.5 Å². The first-order valence-electron chi connectivity index (χ1n) is 12.9. The Hall–Kier alpha value is -2.71. The summed E-state index contributed by atoms with van der Waals surface area (Å²) < 4.78 is 81.1. The van der Waals surface area contributed by atoms with Gasteiger partial charge in [-0.3, -0.25) is 18.2 Å². The van der Waals surface area contributed by atoms with Gasteiger partial charge in [0, 0.05) is 6.20 Å². The number of nitrogens with zero attached hydrogens (tertiary/aromatic N) is 7. The predicted molar refractivity (Wildman–Crippen MR) is 151 cm³/mol. The molecule has 0 amide bonds. The number of halogens is 2. The van der Waals surface area contributed by atoms with Gasteiger partial charge in [-0.05, 0) is 17.9 Å². The van der Waals surface area contributed by atoms with Gasteiger partial charge in [-0.2, -0.15) is 0 Å². The largest absolute Gasteiger partial charge is 0.397 e. The van der Waals surface area contributed by atoms with Gasteiger partial charge in [-0.25, -0.2) is 33.7 Å². The highest BCUT2D eigenvalue weighted by atomic mass is 32.5. The second-order valence-electron chi connectivity index (χ2n) is 10.1. The van der Waals surface area contributed by atoms with Crippen molar-refractivity contribution in [3.63, 3.8) is 0 Å². The van der Waals surface area contributed by atoms with Gasteiger partial charge >= 0.3 is 6.72 Å². The molecule has 1 unspecified atom stereocenters. The molecule has 0 aliphatic carbocycles. The molecular formula is C21H22BF2N9O8P2S. The van der Waals surface area contributed by atoms with E-state index in [1.54, 1.807) is 0 Å². The van der Waals surface area contributed by atoms with E-state index in [-0.39, 0.29) is 22.6 Å². The molecule has 3 fully saturated rings. The number of imidazole rings is 2. The van der Waals surface area contributed by atoms with Crippen LogP contribution in [0.15, 0.2) is 31.2 Å². The first-order valence-corrected chi connectivity index (χ1v) is 17.1. The maximum absolute atomic E-state index is 16.0. The van der Waals surface area contributed by atoms with Gasteiger partial charge in [-0.1, -0.05) is 0 Å². The minimum atomic E-state index is -4.56. The molecule has 3 aliphatic heterocycles. The fourth-order valence-corrected chi connectivity index (χ4v) is 7.72. The van der Waals surface area contributed by atoms with Crippen LogP contribution in [0.4, 0.5) is 20.3 Å². The van der Waals surface area contributed by atoms with Crippen LogP contribution in [0.3, 0.4) is 0 Å². The summed E-state index contributed by atoms with van der Waals surface area (Å²) in [5.74, 6) is 0.0500. The van der Waals surface area contributed by atoms with E-state index in [1.807, 2.05) is 0 Å². The summed E-state index contributed by atoms with van der Waals surface area (Å²) in [6, 6.07) is 1.52. The lowest BCUT2D eigenvalue weighted by atomic mass is 10.1. The lowest BCUT2D eigenvalue weighted by Crippen LogP contribution is -2.37. The zero-order valence-corrected chi connectivity index (χ0v) is 24.8. The van der Waals surface area contributed by atoms with Crippen LogP contribution >= 0.6 is 14.2 Å². The summed E-state index contributed by atoms with van der Waals surface area (Å²) in [6.07, 6.45) is -7.79. The van der Waals surface area contributed by atoms with Crippen LogP contribution in [-0.2, 0) is 43.9 Å². The van der Waals surface area contributed by atoms with E-state index < -0.39 is 76.6 Å². The molecule has 4 aromatic rings. The standard InChI is InChI=1S/C21H22BF2N9O8P2S/c22-42(34)36-3-9-16(12(24)21(38-9)32-6-30-13-8(25)1-2-27-18(13)32)41-43(35,44)37-4-10-15(40-42)11(23)20(39-10)33-7-31-14-17(26)28-5-29-19(14)33/h1-2,5-7,9-12,15-16,20-21H,3-4H2,(H2,25,27)(H,35,44)(H2,26,28,29)/t9-,10-,11-,12-,15-,16-,20-,21-,42+,43?/m1/s1. The van der Waals surface area contributed by atoms with E-state index in [0.29, 0.717) is 11.2 Å². The van der Waals surface area contributed by atoms with Crippen LogP contribution in [0.25, 0.3) is 22.3 Å². The summed E-state index contributed by atoms with van der Waals surface area (Å²) in [6.45, 7) is -5.55. The third kappa shape index (κ3) is 5.20. The Bertz CT molecular complexity index is 1710. The first kappa shape index (κ1) is 30.0. The van der Waals surface area contributed by atoms with Crippen LogP contribution < -0.4 is 11.5 Å². The number of nitrogens with two attached hydrogens (primary N) is 2. The SMILES string of the molecule is [B][P@]1(=O)OC[C@H]2O[C@@H](n3cnc4c(N)ccnc43)[C@H](F)[C@@H]2OP(O)(=S)OC[C@H]2O[C@@H](n3cnc4c(N)ncnc43)[C@H](F)[C@@H]2O1. The van der Waals surface area contributed by atoms with E-state index in [4.69, 9.17) is 58.4 Å². The molecule has 232 valence electrons. The molecule has 4 aromatic heterocycles. The lowest BCUT2D eigenvalue weighted by Gasteiger charge is -2.29. The number of hydrogen-bond acceptors (Lipinski definition) is 15. The molecule has 0 bridgehead atoms. The molecule has 10 atom stereocenters. The van der Waals surface area contributed by atoms with Crippen molar-refractivity contribution in [1.82, 2.24) is 34.1 Å². The number of fused-ring (bicyclic) bond motifs is 4. The Morgan fingerprint density at radius 2 is 1.50 bits per heavy atom. The molecule has 3 saturated heterocycles. The average molecular weight is 671 g/mol. The Kier molecular flexibility index (Phi) is 7.48. The Morgan fingerprint density at radius 3 is 2.18 bits per heavy atom. The highest BCUT2D eigenvalue weighted by molar-refractivity contribution is 8.07. The average Bonchev–Trinajstić information content (AvgIpc) is 3.73. The number of ether oxygens (including phenoxy) is 2. The van der Waals surface area contributed by atoms with E-state index in [1.165, 1.54) is 34.1 Å². The monoisotopic (exact) mass is 671 g/mol. The molecule has 7 rings (SSSR count). The van der Waals surface area contributed by atoms with Crippen molar-refractivity contribution < 1.29 is 45.8 Å².